The van der Waals surface area contributed by atoms with Crippen LogP contribution in [0.4, 0.5) is 5.69 Å². The van der Waals surface area contributed by atoms with E-state index < -0.39 is 0 Å². The molecule has 2 rings (SSSR count). The van der Waals surface area contributed by atoms with E-state index in [1.54, 1.807) is 0 Å². The van der Waals surface area contributed by atoms with Crippen molar-refractivity contribution in [2.45, 2.75) is 13.0 Å². The van der Waals surface area contributed by atoms with E-state index in [0.29, 0.717) is 0 Å². The molecule has 2 aromatic carbocycles. The number of nitrogens with one attached hydrogen (secondary N) is 1. The highest BCUT2D eigenvalue weighted by Gasteiger charge is 2.13. The Labute approximate surface area is 116 Å². The number of aliphatic hydroxyl groups is 1. The third-order valence-electron chi connectivity index (χ3n) is 2.94. The van der Waals surface area contributed by atoms with Gasteiger partial charge in [0.1, 0.15) is 0 Å². The van der Waals surface area contributed by atoms with Crippen LogP contribution in [0.1, 0.15) is 17.2 Å². The summed E-state index contributed by atoms with van der Waals surface area (Å²) in [6.07, 6.45) is 0. The Bertz CT molecular complexity index is 527. The molecule has 0 fully saturated rings. The molecule has 0 amide bonds. The summed E-state index contributed by atoms with van der Waals surface area (Å²) in [4.78, 5) is 0. The van der Waals surface area contributed by atoms with Gasteiger partial charge in [0.05, 0.1) is 12.6 Å². The second-order valence-electron chi connectivity index (χ2n) is 4.22. The number of aryl methyl sites for hydroxylation is 1. The van der Waals surface area contributed by atoms with Gasteiger partial charge in [0.25, 0.3) is 0 Å². The summed E-state index contributed by atoms with van der Waals surface area (Å²) in [6, 6.07) is 15.9. The monoisotopic (exact) mass is 305 g/mol. The Morgan fingerprint density at radius 3 is 2.44 bits per heavy atom. The van der Waals surface area contributed by atoms with Crippen molar-refractivity contribution in [2.24, 2.45) is 0 Å². The number of aliphatic hydroxyl groups excluding tert-OH is 1. The summed E-state index contributed by atoms with van der Waals surface area (Å²) in [5, 5.41) is 12.9. The quantitative estimate of drug-likeness (QED) is 0.898. The predicted molar refractivity (Wildman–Crippen MR) is 78.8 cm³/mol. The first-order chi connectivity index (χ1) is 8.72. The maximum absolute atomic E-state index is 9.57. The molecule has 0 aromatic heterocycles. The molecule has 0 radical (unpaired) electrons. The van der Waals surface area contributed by atoms with Gasteiger partial charge in [0.15, 0.2) is 0 Å². The first kappa shape index (κ1) is 13.1. The fourth-order valence-electron chi connectivity index (χ4n) is 1.90. The molecule has 0 aliphatic rings. The van der Waals surface area contributed by atoms with Crippen molar-refractivity contribution in [3.8, 4) is 0 Å². The molecule has 0 aliphatic carbocycles. The molecule has 94 valence electrons. The molecular formula is C15H16BrNO. The van der Waals surface area contributed by atoms with Gasteiger partial charge in [-0.3, -0.25) is 0 Å². The molecule has 2 aromatic rings. The third-order valence-corrected chi connectivity index (χ3v) is 3.66. The number of rotatable bonds is 4. The highest BCUT2D eigenvalue weighted by Crippen LogP contribution is 2.27. The lowest BCUT2D eigenvalue weighted by atomic mass is 10.1. The minimum absolute atomic E-state index is 0.0525. The molecule has 0 spiro atoms. The third kappa shape index (κ3) is 2.92. The molecule has 18 heavy (non-hydrogen) atoms. The van der Waals surface area contributed by atoms with Crippen LogP contribution in [0.15, 0.2) is 53.0 Å². The smallest absolute Gasteiger partial charge is 0.0755 e. The number of benzene rings is 2. The summed E-state index contributed by atoms with van der Waals surface area (Å²) in [7, 11) is 0. The number of hydrogen-bond donors (Lipinski definition) is 2. The maximum Gasteiger partial charge on any atom is 0.0755 e. The SMILES string of the molecule is Cc1ccccc1NC(CO)c1ccccc1Br. The van der Waals surface area contributed by atoms with Crippen molar-refractivity contribution in [3.63, 3.8) is 0 Å². The van der Waals surface area contributed by atoms with Crippen LogP contribution in [-0.2, 0) is 0 Å². The van der Waals surface area contributed by atoms with Crippen LogP contribution in [0, 0.1) is 6.92 Å². The summed E-state index contributed by atoms with van der Waals surface area (Å²) >= 11 is 3.52. The summed E-state index contributed by atoms with van der Waals surface area (Å²) in [5.41, 5.74) is 3.28. The zero-order chi connectivity index (χ0) is 13.0. The van der Waals surface area contributed by atoms with Crippen molar-refractivity contribution in [1.29, 1.82) is 0 Å². The van der Waals surface area contributed by atoms with Crippen molar-refractivity contribution in [1.82, 2.24) is 0 Å². The van der Waals surface area contributed by atoms with Gasteiger partial charge in [-0.15, -0.1) is 0 Å². The Hall–Kier alpha value is -1.32. The lowest BCUT2D eigenvalue weighted by molar-refractivity contribution is 0.276. The highest BCUT2D eigenvalue weighted by molar-refractivity contribution is 9.10. The van der Waals surface area contributed by atoms with Crippen LogP contribution in [0.3, 0.4) is 0 Å². The van der Waals surface area contributed by atoms with Gasteiger partial charge < -0.3 is 10.4 Å². The number of halogens is 1. The van der Waals surface area contributed by atoms with Crippen molar-refractivity contribution >= 4 is 21.6 Å². The average molecular weight is 306 g/mol. The van der Waals surface area contributed by atoms with Gasteiger partial charge in [-0.1, -0.05) is 52.3 Å². The molecule has 0 saturated carbocycles. The maximum atomic E-state index is 9.57. The van der Waals surface area contributed by atoms with Crippen LogP contribution in [0.2, 0.25) is 0 Å². The highest BCUT2D eigenvalue weighted by atomic mass is 79.9. The zero-order valence-electron chi connectivity index (χ0n) is 10.2. The van der Waals surface area contributed by atoms with Gasteiger partial charge in [-0.05, 0) is 30.2 Å². The van der Waals surface area contributed by atoms with Crippen LogP contribution in [-0.4, -0.2) is 11.7 Å². The summed E-state index contributed by atoms with van der Waals surface area (Å²) in [6.45, 7) is 2.10. The lowest BCUT2D eigenvalue weighted by Gasteiger charge is -2.20. The fourth-order valence-corrected chi connectivity index (χ4v) is 2.46. The lowest BCUT2D eigenvalue weighted by Crippen LogP contribution is -2.15. The zero-order valence-corrected chi connectivity index (χ0v) is 11.8. The van der Waals surface area contributed by atoms with E-state index in [1.807, 2.05) is 42.5 Å². The average Bonchev–Trinajstić information content (AvgIpc) is 2.39. The number of hydrogen-bond acceptors (Lipinski definition) is 2. The molecule has 1 atom stereocenters. The molecule has 2 N–H and O–H groups in total. The summed E-state index contributed by atoms with van der Waals surface area (Å²) < 4.78 is 1.00. The van der Waals surface area contributed by atoms with Gasteiger partial charge in [-0.2, -0.15) is 0 Å². The molecule has 0 heterocycles. The Morgan fingerprint density at radius 2 is 1.78 bits per heavy atom. The van der Waals surface area contributed by atoms with Crippen LogP contribution in [0.25, 0.3) is 0 Å². The van der Waals surface area contributed by atoms with E-state index >= 15 is 0 Å². The molecule has 3 heteroatoms. The molecule has 0 bridgehead atoms. The van der Waals surface area contributed by atoms with E-state index in [-0.39, 0.29) is 12.6 Å². The Kier molecular flexibility index (Phi) is 4.39. The van der Waals surface area contributed by atoms with Gasteiger partial charge in [0, 0.05) is 10.2 Å². The summed E-state index contributed by atoms with van der Waals surface area (Å²) in [5.74, 6) is 0. The standard InChI is InChI=1S/C15H16BrNO/c1-11-6-2-5-9-14(11)17-15(10-18)12-7-3-4-8-13(12)16/h2-9,15,17-18H,10H2,1H3. The number of anilines is 1. The molecule has 0 saturated heterocycles. The number of para-hydroxylation sites is 1. The van der Waals surface area contributed by atoms with Gasteiger partial charge in [-0.25, -0.2) is 0 Å². The van der Waals surface area contributed by atoms with Crippen LogP contribution < -0.4 is 5.32 Å². The second kappa shape index (κ2) is 6.03. The predicted octanol–water partition coefficient (Wildman–Crippen LogP) is 3.90. The van der Waals surface area contributed by atoms with Crippen LogP contribution in [0.5, 0.6) is 0 Å². The van der Waals surface area contributed by atoms with Gasteiger partial charge in [0.2, 0.25) is 0 Å². The minimum Gasteiger partial charge on any atom is -0.394 e. The normalized spacial score (nSPS) is 12.2. The first-order valence-corrected chi connectivity index (χ1v) is 6.69. The Morgan fingerprint density at radius 1 is 1.11 bits per heavy atom. The van der Waals surface area contributed by atoms with E-state index in [0.717, 1.165) is 15.7 Å². The minimum atomic E-state index is -0.110. The largest absolute Gasteiger partial charge is 0.394 e. The van der Waals surface area contributed by atoms with E-state index in [2.05, 4.69) is 34.2 Å². The van der Waals surface area contributed by atoms with Crippen molar-refractivity contribution in [2.75, 3.05) is 11.9 Å². The van der Waals surface area contributed by atoms with E-state index in [9.17, 15) is 5.11 Å². The molecular weight excluding hydrogens is 290 g/mol. The van der Waals surface area contributed by atoms with Crippen LogP contribution >= 0.6 is 15.9 Å². The molecule has 0 aliphatic heterocycles. The van der Waals surface area contributed by atoms with E-state index in [1.165, 1.54) is 5.56 Å². The Balaban J connectivity index is 2.26. The van der Waals surface area contributed by atoms with Crippen molar-refractivity contribution in [3.05, 3.63) is 64.1 Å². The molecule has 1 unspecified atom stereocenters. The second-order valence-corrected chi connectivity index (χ2v) is 5.07. The topological polar surface area (TPSA) is 32.3 Å². The van der Waals surface area contributed by atoms with Crippen molar-refractivity contribution < 1.29 is 5.11 Å². The first-order valence-electron chi connectivity index (χ1n) is 5.90. The van der Waals surface area contributed by atoms with E-state index in [4.69, 9.17) is 0 Å². The van der Waals surface area contributed by atoms with Gasteiger partial charge >= 0.3 is 0 Å². The molecule has 2 nitrogen and oxygen atoms in total. The fraction of sp³-hybridized carbons (Fsp3) is 0.200.